The second kappa shape index (κ2) is 8.62. The smallest absolute Gasteiger partial charge is 0.308 e. The number of ether oxygens (including phenoxy) is 2. The van der Waals surface area contributed by atoms with Crippen molar-refractivity contribution in [2.24, 2.45) is 5.92 Å². The van der Waals surface area contributed by atoms with Crippen molar-refractivity contribution < 1.29 is 39.2 Å². The second-order valence-corrected chi connectivity index (χ2v) is 4.50. The average molecular weight is 292 g/mol. The van der Waals surface area contributed by atoms with Gasteiger partial charge in [0.1, 0.15) is 12.2 Å². The Morgan fingerprint density at radius 2 is 1.70 bits per heavy atom. The quantitative estimate of drug-likeness (QED) is 0.456. The zero-order valence-electron chi connectivity index (χ0n) is 11.6. The van der Waals surface area contributed by atoms with Gasteiger partial charge < -0.3 is 24.8 Å². The molecular weight excluding hydrogens is 272 g/mol. The van der Waals surface area contributed by atoms with Gasteiger partial charge in [-0.3, -0.25) is 14.4 Å². The first-order valence-electron chi connectivity index (χ1n) is 6.04. The maximum Gasteiger partial charge on any atom is 0.308 e. The summed E-state index contributed by atoms with van der Waals surface area (Å²) in [6.45, 7) is 2.63. The first kappa shape index (κ1) is 18.5. The minimum absolute atomic E-state index is 0.442. The van der Waals surface area contributed by atoms with Gasteiger partial charge in [0.15, 0.2) is 12.7 Å². The van der Waals surface area contributed by atoms with Crippen molar-refractivity contribution in [3.05, 3.63) is 0 Å². The molecule has 0 aromatic rings. The van der Waals surface area contributed by atoms with Gasteiger partial charge in [-0.05, 0) is 0 Å². The second-order valence-electron chi connectivity index (χ2n) is 4.50. The fourth-order valence-electron chi connectivity index (χ4n) is 1.21. The lowest BCUT2D eigenvalue weighted by Crippen LogP contribution is -2.47. The summed E-state index contributed by atoms with van der Waals surface area (Å²) >= 11 is 0. The molecule has 0 unspecified atom stereocenters. The van der Waals surface area contributed by atoms with Crippen LogP contribution in [0.2, 0.25) is 0 Å². The summed E-state index contributed by atoms with van der Waals surface area (Å²) in [5.74, 6) is -2.82. The van der Waals surface area contributed by atoms with Gasteiger partial charge in [0.25, 0.3) is 0 Å². The molecule has 3 atom stereocenters. The number of hydrogen-bond donors (Lipinski definition) is 3. The number of hydrogen-bond acceptors (Lipinski definition) is 8. The van der Waals surface area contributed by atoms with Gasteiger partial charge in [-0.1, -0.05) is 13.8 Å². The zero-order valence-corrected chi connectivity index (χ0v) is 11.6. The third-order valence-corrected chi connectivity index (χ3v) is 2.33. The van der Waals surface area contributed by atoms with E-state index in [-0.39, 0.29) is 0 Å². The topological polar surface area (TPSA) is 130 Å². The van der Waals surface area contributed by atoms with E-state index in [0.29, 0.717) is 0 Å². The van der Waals surface area contributed by atoms with Crippen LogP contribution in [-0.4, -0.2) is 64.6 Å². The maximum atomic E-state index is 11.8. The van der Waals surface area contributed by atoms with Crippen molar-refractivity contribution in [3.63, 3.8) is 0 Å². The molecule has 116 valence electrons. The van der Waals surface area contributed by atoms with Crippen LogP contribution < -0.4 is 0 Å². The van der Waals surface area contributed by atoms with E-state index >= 15 is 0 Å². The Kier molecular flexibility index (Phi) is 7.97. The highest BCUT2D eigenvalue weighted by Crippen LogP contribution is 2.08. The molecule has 0 aliphatic carbocycles. The number of Topliss-reactive ketones (excluding diaryl/α,β-unsaturated/α-hetero) is 1. The molecule has 0 saturated carbocycles. The fourth-order valence-corrected chi connectivity index (χ4v) is 1.21. The lowest BCUT2D eigenvalue weighted by atomic mass is 10.0. The molecule has 0 radical (unpaired) electrons. The Bertz CT molecular complexity index is 351. The summed E-state index contributed by atoms with van der Waals surface area (Å²) in [6.07, 6.45) is -5.19. The predicted octanol–water partition coefficient (Wildman–Crippen LogP) is -1.60. The Labute approximate surface area is 116 Å². The molecule has 3 N–H and O–H groups in total. The van der Waals surface area contributed by atoms with E-state index in [1.807, 2.05) is 0 Å². The molecule has 0 amide bonds. The molecule has 0 aromatic carbocycles. The third kappa shape index (κ3) is 6.09. The standard InChI is InChI=1S/C12H20O8/c1-6(2)12(18)19-5-9(16)11(20-7(3)14)10(17)8(15)4-13/h6,8,10-11,13,15,17H,4-5H2,1-3H3/t8-,10-,11-/m1/s1. The van der Waals surface area contributed by atoms with Gasteiger partial charge in [0, 0.05) is 6.92 Å². The number of ketones is 1. The van der Waals surface area contributed by atoms with Crippen LogP contribution in [0.1, 0.15) is 20.8 Å². The van der Waals surface area contributed by atoms with Crippen LogP contribution in [0.4, 0.5) is 0 Å². The summed E-state index contributed by atoms with van der Waals surface area (Å²) < 4.78 is 9.25. The van der Waals surface area contributed by atoms with E-state index in [1.54, 1.807) is 13.8 Å². The SMILES string of the molecule is CC(=O)O[C@H](C(=O)COC(=O)C(C)C)[C@H](O)[C@H](O)CO. The molecule has 0 saturated heterocycles. The van der Waals surface area contributed by atoms with Gasteiger partial charge >= 0.3 is 11.9 Å². The van der Waals surface area contributed by atoms with Crippen molar-refractivity contribution in [3.8, 4) is 0 Å². The zero-order chi connectivity index (χ0) is 15.9. The Morgan fingerprint density at radius 1 is 1.15 bits per heavy atom. The van der Waals surface area contributed by atoms with Crippen molar-refractivity contribution in [2.75, 3.05) is 13.2 Å². The van der Waals surface area contributed by atoms with Gasteiger partial charge in [0.2, 0.25) is 5.78 Å². The maximum absolute atomic E-state index is 11.8. The predicted molar refractivity (Wildman–Crippen MR) is 65.5 cm³/mol. The molecule has 0 heterocycles. The fraction of sp³-hybridized carbons (Fsp3) is 0.750. The van der Waals surface area contributed by atoms with E-state index in [0.717, 1.165) is 6.92 Å². The Morgan fingerprint density at radius 3 is 2.10 bits per heavy atom. The highest BCUT2D eigenvalue weighted by atomic mass is 16.6. The third-order valence-electron chi connectivity index (χ3n) is 2.33. The first-order valence-corrected chi connectivity index (χ1v) is 6.04. The van der Waals surface area contributed by atoms with Crippen LogP contribution in [0.25, 0.3) is 0 Å². The Balaban J connectivity index is 4.73. The molecule has 0 bridgehead atoms. The van der Waals surface area contributed by atoms with Crippen LogP contribution in [0.3, 0.4) is 0 Å². The van der Waals surface area contributed by atoms with Crippen LogP contribution in [0.15, 0.2) is 0 Å². The summed E-state index contributed by atoms with van der Waals surface area (Å²) in [7, 11) is 0. The molecule has 20 heavy (non-hydrogen) atoms. The minimum Gasteiger partial charge on any atom is -0.457 e. The van der Waals surface area contributed by atoms with Gasteiger partial charge in [0.05, 0.1) is 12.5 Å². The highest BCUT2D eigenvalue weighted by molar-refractivity contribution is 5.88. The average Bonchev–Trinajstić information content (AvgIpc) is 2.39. The molecule has 8 heteroatoms. The molecule has 0 fully saturated rings. The van der Waals surface area contributed by atoms with E-state index in [9.17, 15) is 24.6 Å². The van der Waals surface area contributed by atoms with Gasteiger partial charge in [-0.25, -0.2) is 0 Å². The number of rotatable bonds is 8. The molecular formula is C12H20O8. The number of esters is 2. The number of aliphatic hydroxyl groups excluding tert-OH is 3. The minimum atomic E-state index is -1.81. The monoisotopic (exact) mass is 292 g/mol. The lowest BCUT2D eigenvalue weighted by molar-refractivity contribution is -0.170. The number of carbonyl (C=O) groups excluding carboxylic acids is 3. The van der Waals surface area contributed by atoms with Gasteiger partial charge in [-0.15, -0.1) is 0 Å². The molecule has 0 aromatic heterocycles. The first-order chi connectivity index (χ1) is 9.20. The van der Waals surface area contributed by atoms with E-state index in [1.165, 1.54) is 0 Å². The van der Waals surface area contributed by atoms with Crippen LogP contribution in [0.5, 0.6) is 0 Å². The highest BCUT2D eigenvalue weighted by Gasteiger charge is 2.35. The molecule has 8 nitrogen and oxygen atoms in total. The van der Waals surface area contributed by atoms with E-state index in [2.05, 4.69) is 9.47 Å². The van der Waals surface area contributed by atoms with Crippen LogP contribution >= 0.6 is 0 Å². The Hall–Kier alpha value is -1.51. The summed E-state index contributed by atoms with van der Waals surface area (Å²) in [6, 6.07) is 0. The summed E-state index contributed by atoms with van der Waals surface area (Å²) in [5.41, 5.74) is 0. The molecule has 0 rings (SSSR count). The molecule has 0 aliphatic rings. The number of aliphatic hydroxyl groups is 3. The van der Waals surface area contributed by atoms with Crippen molar-refractivity contribution in [2.45, 2.75) is 39.1 Å². The van der Waals surface area contributed by atoms with Crippen molar-refractivity contribution in [1.82, 2.24) is 0 Å². The summed E-state index contributed by atoms with van der Waals surface area (Å²) in [4.78, 5) is 33.9. The largest absolute Gasteiger partial charge is 0.457 e. The van der Waals surface area contributed by atoms with Crippen molar-refractivity contribution >= 4 is 17.7 Å². The van der Waals surface area contributed by atoms with Crippen LogP contribution in [-0.2, 0) is 23.9 Å². The lowest BCUT2D eigenvalue weighted by Gasteiger charge is -2.24. The molecule has 0 spiro atoms. The summed E-state index contributed by atoms with van der Waals surface area (Å²) in [5, 5.41) is 27.6. The van der Waals surface area contributed by atoms with E-state index in [4.69, 9.17) is 5.11 Å². The normalized spacial score (nSPS) is 15.3. The van der Waals surface area contributed by atoms with Crippen molar-refractivity contribution in [1.29, 1.82) is 0 Å². The van der Waals surface area contributed by atoms with Gasteiger partial charge in [-0.2, -0.15) is 0 Å². The molecule has 0 aliphatic heterocycles. The number of carbonyl (C=O) groups is 3. The van der Waals surface area contributed by atoms with Crippen LogP contribution in [0, 0.1) is 5.92 Å². The van der Waals surface area contributed by atoms with E-state index < -0.39 is 55.2 Å².